The van der Waals surface area contributed by atoms with Crippen molar-refractivity contribution in [3.05, 3.63) is 35.6 Å². The first-order valence-corrected chi connectivity index (χ1v) is 7.48. The number of thioether (sulfide) groups is 1. The highest BCUT2D eigenvalue weighted by molar-refractivity contribution is 7.99. The van der Waals surface area contributed by atoms with Crippen molar-refractivity contribution in [2.75, 3.05) is 11.5 Å². The van der Waals surface area contributed by atoms with Gasteiger partial charge in [0.25, 0.3) is 0 Å². The Hall–Kier alpha value is -0.970. The molecule has 0 saturated carbocycles. The van der Waals surface area contributed by atoms with Crippen molar-refractivity contribution in [3.8, 4) is 0 Å². The molecule has 1 aliphatic heterocycles. The largest absolute Gasteiger partial charge is 0.459 e. The lowest BCUT2D eigenvalue weighted by Gasteiger charge is -2.19. The summed E-state index contributed by atoms with van der Waals surface area (Å²) in [5.41, 5.74) is 5.09. The van der Waals surface area contributed by atoms with Crippen LogP contribution in [0, 0.1) is 12.8 Å². The molecule has 0 spiro atoms. The summed E-state index contributed by atoms with van der Waals surface area (Å²) in [5.74, 6) is 9.64. The first-order valence-electron chi connectivity index (χ1n) is 6.32. The highest BCUT2D eigenvalue weighted by Gasteiger charge is 2.28. The monoisotopic (exact) mass is 262 g/mol. The minimum Gasteiger partial charge on any atom is -0.459 e. The van der Waals surface area contributed by atoms with Crippen LogP contribution in [-0.4, -0.2) is 11.5 Å². The predicted octanol–water partition coefficient (Wildman–Crippen LogP) is 3.00. The minimum atomic E-state index is 0.131. The van der Waals surface area contributed by atoms with E-state index in [1.165, 1.54) is 17.7 Å². The molecular formula is C14H18N2OS. The lowest BCUT2D eigenvalue weighted by Crippen LogP contribution is -2.33. The van der Waals surface area contributed by atoms with Crippen LogP contribution >= 0.6 is 11.8 Å². The Balaban J connectivity index is 1.99. The van der Waals surface area contributed by atoms with Crippen molar-refractivity contribution < 1.29 is 4.42 Å². The fourth-order valence-corrected chi connectivity index (χ4v) is 3.95. The van der Waals surface area contributed by atoms with E-state index in [1.54, 1.807) is 0 Å². The summed E-state index contributed by atoms with van der Waals surface area (Å²) < 4.78 is 6.01. The molecule has 2 atom stereocenters. The molecule has 18 heavy (non-hydrogen) atoms. The Morgan fingerprint density at radius 2 is 2.39 bits per heavy atom. The summed E-state index contributed by atoms with van der Waals surface area (Å²) in [6, 6.07) is 8.48. The Morgan fingerprint density at radius 3 is 3.06 bits per heavy atom. The van der Waals surface area contributed by atoms with Crippen LogP contribution in [0.25, 0.3) is 11.0 Å². The highest BCUT2D eigenvalue weighted by Crippen LogP contribution is 2.36. The second-order valence-corrected chi connectivity index (χ2v) is 6.06. The fourth-order valence-electron chi connectivity index (χ4n) is 2.65. The number of rotatable bonds is 3. The molecule has 2 aromatic rings. The molecule has 3 rings (SSSR count). The van der Waals surface area contributed by atoms with Gasteiger partial charge in [-0.05, 0) is 42.4 Å². The van der Waals surface area contributed by atoms with Gasteiger partial charge in [0.05, 0.1) is 6.04 Å². The molecule has 1 saturated heterocycles. The van der Waals surface area contributed by atoms with E-state index in [4.69, 9.17) is 10.3 Å². The Kier molecular flexibility index (Phi) is 3.33. The van der Waals surface area contributed by atoms with E-state index in [0.29, 0.717) is 5.92 Å². The molecule has 0 radical (unpaired) electrons. The molecule has 0 bridgehead atoms. The van der Waals surface area contributed by atoms with Crippen molar-refractivity contribution in [1.82, 2.24) is 5.43 Å². The zero-order valence-electron chi connectivity index (χ0n) is 10.5. The van der Waals surface area contributed by atoms with Crippen molar-refractivity contribution in [3.63, 3.8) is 0 Å². The van der Waals surface area contributed by atoms with Gasteiger partial charge in [0.1, 0.15) is 11.3 Å². The molecule has 1 aliphatic rings. The summed E-state index contributed by atoms with van der Waals surface area (Å²) in [6.07, 6.45) is 1.20. The normalized spacial score (nSPS) is 21.6. The third-order valence-electron chi connectivity index (χ3n) is 3.68. The van der Waals surface area contributed by atoms with Crippen LogP contribution in [-0.2, 0) is 0 Å². The maximum Gasteiger partial charge on any atom is 0.137 e. The van der Waals surface area contributed by atoms with E-state index >= 15 is 0 Å². The van der Waals surface area contributed by atoms with Gasteiger partial charge in [0, 0.05) is 5.39 Å². The van der Waals surface area contributed by atoms with Gasteiger partial charge in [-0.2, -0.15) is 11.8 Å². The first kappa shape index (κ1) is 12.1. The molecule has 1 aromatic carbocycles. The van der Waals surface area contributed by atoms with Gasteiger partial charge in [-0.15, -0.1) is 0 Å². The smallest absolute Gasteiger partial charge is 0.137 e. The number of aryl methyl sites for hydroxylation is 1. The second kappa shape index (κ2) is 4.96. The second-order valence-electron chi connectivity index (χ2n) is 4.91. The number of nitrogens with two attached hydrogens (primary N) is 1. The van der Waals surface area contributed by atoms with Gasteiger partial charge in [-0.1, -0.05) is 18.2 Å². The lowest BCUT2D eigenvalue weighted by atomic mass is 9.97. The number of benzene rings is 1. The molecular weight excluding hydrogens is 244 g/mol. The number of hydrazine groups is 1. The van der Waals surface area contributed by atoms with Crippen molar-refractivity contribution in [2.45, 2.75) is 19.4 Å². The summed E-state index contributed by atoms with van der Waals surface area (Å²) in [5, 5.41) is 1.16. The number of hydrogen-bond acceptors (Lipinski definition) is 4. The minimum absolute atomic E-state index is 0.131. The van der Waals surface area contributed by atoms with Crippen molar-refractivity contribution in [2.24, 2.45) is 11.8 Å². The van der Waals surface area contributed by atoms with E-state index in [-0.39, 0.29) is 6.04 Å². The standard InChI is InChI=1S/C14H18N2OS/c1-9-3-2-4-10-7-12(17-14(9)10)13(16-15)11-5-6-18-8-11/h2-4,7,11,13,16H,5-6,8,15H2,1H3. The average molecular weight is 262 g/mol. The lowest BCUT2D eigenvalue weighted by molar-refractivity contribution is 0.342. The van der Waals surface area contributed by atoms with Crippen molar-refractivity contribution in [1.29, 1.82) is 0 Å². The van der Waals surface area contributed by atoms with E-state index in [9.17, 15) is 0 Å². The third-order valence-corrected chi connectivity index (χ3v) is 4.87. The van der Waals surface area contributed by atoms with Crippen LogP contribution in [0.1, 0.15) is 23.8 Å². The number of hydrogen-bond donors (Lipinski definition) is 2. The number of fused-ring (bicyclic) bond motifs is 1. The zero-order chi connectivity index (χ0) is 12.5. The number of nitrogens with one attached hydrogen (secondary N) is 1. The molecule has 3 N–H and O–H groups in total. The molecule has 4 heteroatoms. The average Bonchev–Trinajstić information content (AvgIpc) is 3.00. The van der Waals surface area contributed by atoms with E-state index < -0.39 is 0 Å². The van der Waals surface area contributed by atoms with Gasteiger partial charge >= 0.3 is 0 Å². The zero-order valence-corrected chi connectivity index (χ0v) is 11.3. The van der Waals surface area contributed by atoms with Crippen LogP contribution in [0.15, 0.2) is 28.7 Å². The third kappa shape index (κ3) is 2.05. The number of furan rings is 1. The Morgan fingerprint density at radius 1 is 1.50 bits per heavy atom. The van der Waals surface area contributed by atoms with Gasteiger partial charge in [-0.3, -0.25) is 5.84 Å². The van der Waals surface area contributed by atoms with Gasteiger partial charge in [0.15, 0.2) is 0 Å². The number of para-hydroxylation sites is 1. The van der Waals surface area contributed by atoms with Crippen molar-refractivity contribution >= 4 is 22.7 Å². The molecule has 2 unspecified atom stereocenters. The van der Waals surface area contributed by atoms with Crippen LogP contribution in [0.4, 0.5) is 0 Å². The molecule has 0 amide bonds. The Labute approximate surface area is 111 Å². The van der Waals surface area contributed by atoms with Gasteiger partial charge in [0.2, 0.25) is 0 Å². The molecule has 2 heterocycles. The molecule has 1 fully saturated rings. The molecule has 0 aliphatic carbocycles. The quantitative estimate of drug-likeness (QED) is 0.659. The van der Waals surface area contributed by atoms with E-state index in [1.807, 2.05) is 11.8 Å². The molecule has 96 valence electrons. The molecule has 1 aromatic heterocycles. The van der Waals surface area contributed by atoms with E-state index in [2.05, 4.69) is 36.6 Å². The van der Waals surface area contributed by atoms with Crippen LogP contribution in [0.2, 0.25) is 0 Å². The summed E-state index contributed by atoms with van der Waals surface area (Å²) in [7, 11) is 0. The van der Waals surface area contributed by atoms with E-state index in [0.717, 1.165) is 22.5 Å². The fraction of sp³-hybridized carbons (Fsp3) is 0.429. The summed E-state index contributed by atoms with van der Waals surface area (Å²) in [6.45, 7) is 2.08. The van der Waals surface area contributed by atoms with Gasteiger partial charge in [-0.25, -0.2) is 5.43 Å². The topological polar surface area (TPSA) is 51.2 Å². The SMILES string of the molecule is Cc1cccc2cc(C(NN)C3CCSC3)oc12. The van der Waals surface area contributed by atoms with Crippen LogP contribution in [0.3, 0.4) is 0 Å². The predicted molar refractivity (Wildman–Crippen MR) is 76.4 cm³/mol. The maximum absolute atomic E-state index is 6.01. The maximum atomic E-state index is 6.01. The highest BCUT2D eigenvalue weighted by atomic mass is 32.2. The first-order chi connectivity index (χ1) is 8.79. The summed E-state index contributed by atoms with van der Waals surface area (Å²) >= 11 is 1.99. The van der Waals surface area contributed by atoms with Crippen LogP contribution in [0.5, 0.6) is 0 Å². The van der Waals surface area contributed by atoms with Crippen LogP contribution < -0.4 is 11.3 Å². The van der Waals surface area contributed by atoms with Gasteiger partial charge < -0.3 is 4.42 Å². The molecule has 3 nitrogen and oxygen atoms in total. The Bertz CT molecular complexity index is 546. The summed E-state index contributed by atoms with van der Waals surface area (Å²) in [4.78, 5) is 0.